The fraction of sp³-hybridized carbons (Fsp3) is 0.179. The molecule has 0 aliphatic rings. The van der Waals surface area contributed by atoms with Gasteiger partial charge in [-0.3, -0.25) is 0 Å². The van der Waals surface area contributed by atoms with Crippen LogP contribution >= 0.6 is 27.3 Å². The first-order chi connectivity index (χ1) is 17.1. The molecule has 7 heteroatoms. The quantitative estimate of drug-likeness (QED) is 0.223. The van der Waals surface area contributed by atoms with E-state index in [4.69, 9.17) is 4.74 Å². The van der Waals surface area contributed by atoms with E-state index in [2.05, 4.69) is 110 Å². The molecule has 0 bridgehead atoms. The zero-order chi connectivity index (χ0) is 24.2. The van der Waals surface area contributed by atoms with E-state index in [1.165, 1.54) is 26.8 Å². The van der Waals surface area contributed by atoms with Crippen molar-refractivity contribution in [3.63, 3.8) is 0 Å². The van der Waals surface area contributed by atoms with E-state index in [1.807, 2.05) is 19.1 Å². The van der Waals surface area contributed by atoms with Crippen LogP contribution in [-0.2, 0) is 13.0 Å². The average molecular weight is 543 g/mol. The van der Waals surface area contributed by atoms with Gasteiger partial charge in [0.05, 0.1) is 9.70 Å². The van der Waals surface area contributed by atoms with Crippen LogP contribution in [0.4, 0.5) is 0 Å². The molecule has 0 fully saturated rings. The van der Waals surface area contributed by atoms with Crippen LogP contribution in [0.5, 0.6) is 5.75 Å². The molecule has 1 N–H and O–H groups in total. The Labute approximate surface area is 216 Å². The molecule has 0 spiro atoms. The summed E-state index contributed by atoms with van der Waals surface area (Å²) >= 11 is 5.56. The predicted molar refractivity (Wildman–Crippen MR) is 145 cm³/mol. The summed E-state index contributed by atoms with van der Waals surface area (Å²) in [5.41, 5.74) is 6.00. The lowest BCUT2D eigenvalue weighted by atomic mass is 9.96. The van der Waals surface area contributed by atoms with Gasteiger partial charge in [0.1, 0.15) is 12.4 Å². The molecular weight excluding hydrogens is 520 g/mol. The van der Waals surface area contributed by atoms with Crippen LogP contribution in [0.2, 0.25) is 0 Å². The summed E-state index contributed by atoms with van der Waals surface area (Å²) in [4.78, 5) is 0. The van der Waals surface area contributed by atoms with E-state index in [0.717, 1.165) is 20.7 Å². The molecular formula is C28H23BrN4OS. The van der Waals surface area contributed by atoms with Crippen LogP contribution in [0.1, 0.15) is 35.4 Å². The lowest BCUT2D eigenvalue weighted by Crippen LogP contribution is -2.03. The van der Waals surface area contributed by atoms with Crippen molar-refractivity contribution in [2.75, 3.05) is 0 Å². The third-order valence-corrected chi connectivity index (χ3v) is 7.75. The summed E-state index contributed by atoms with van der Waals surface area (Å²) < 4.78 is 8.54. The average Bonchev–Trinajstić information content (AvgIpc) is 3.50. The highest BCUT2D eigenvalue weighted by Gasteiger charge is 2.15. The Balaban J connectivity index is 1.33. The Kier molecular flexibility index (Phi) is 6.94. The maximum absolute atomic E-state index is 6.13. The third kappa shape index (κ3) is 5.14. The Hall–Kier alpha value is -3.47. The van der Waals surface area contributed by atoms with Gasteiger partial charge in [0, 0.05) is 22.1 Å². The van der Waals surface area contributed by atoms with Crippen molar-refractivity contribution in [1.29, 1.82) is 0 Å². The van der Waals surface area contributed by atoms with Gasteiger partial charge in [-0.2, -0.15) is 5.21 Å². The molecule has 0 radical (unpaired) electrons. The fourth-order valence-electron chi connectivity index (χ4n) is 4.15. The van der Waals surface area contributed by atoms with E-state index in [-0.39, 0.29) is 5.92 Å². The highest BCUT2D eigenvalue weighted by Crippen LogP contribution is 2.43. The maximum atomic E-state index is 6.13. The van der Waals surface area contributed by atoms with Gasteiger partial charge in [0.2, 0.25) is 0 Å². The van der Waals surface area contributed by atoms with Crippen molar-refractivity contribution in [3.05, 3.63) is 93.0 Å². The van der Waals surface area contributed by atoms with Gasteiger partial charge >= 0.3 is 0 Å². The first kappa shape index (κ1) is 23.3. The highest BCUT2D eigenvalue weighted by atomic mass is 79.9. The Bertz CT molecular complexity index is 1510. The summed E-state index contributed by atoms with van der Waals surface area (Å²) in [5, 5.41) is 15.5. The molecule has 0 aliphatic carbocycles. The monoisotopic (exact) mass is 542 g/mol. The van der Waals surface area contributed by atoms with Gasteiger partial charge < -0.3 is 4.74 Å². The number of H-pyrrole nitrogens is 1. The van der Waals surface area contributed by atoms with Gasteiger partial charge in [-0.05, 0) is 76.3 Å². The van der Waals surface area contributed by atoms with Gasteiger partial charge in [-0.1, -0.05) is 53.6 Å². The van der Waals surface area contributed by atoms with Crippen LogP contribution in [0, 0.1) is 18.8 Å². The van der Waals surface area contributed by atoms with Crippen LogP contribution < -0.4 is 4.74 Å². The number of hydrogen-bond donors (Lipinski definition) is 1. The highest BCUT2D eigenvalue weighted by molar-refractivity contribution is 9.11. The normalized spacial score (nSPS) is 11.7. The maximum Gasteiger partial charge on any atom is 0.176 e. The molecule has 2 aromatic heterocycles. The molecule has 5 nitrogen and oxygen atoms in total. The van der Waals surface area contributed by atoms with Crippen LogP contribution in [0.3, 0.4) is 0 Å². The number of nitrogens with zero attached hydrogens (tertiary/aromatic N) is 3. The summed E-state index contributed by atoms with van der Waals surface area (Å²) in [7, 11) is 0. The van der Waals surface area contributed by atoms with E-state index in [0.29, 0.717) is 18.9 Å². The van der Waals surface area contributed by atoms with Crippen molar-refractivity contribution in [2.45, 2.75) is 32.8 Å². The predicted octanol–water partition coefficient (Wildman–Crippen LogP) is 7.08. The van der Waals surface area contributed by atoms with Gasteiger partial charge in [-0.15, -0.1) is 27.5 Å². The first-order valence-corrected chi connectivity index (χ1v) is 12.9. The first-order valence-electron chi connectivity index (χ1n) is 11.3. The standard InChI is InChI=1S/C28H23BrN4OS/c1-3-6-21(16-26-30-32-33-31-26)20-10-12-22(13-11-20)34-17-19-9-14-25-24(15-19)27(28(29)35-25)23-8-5-4-7-18(23)2/h4-5,7-15,21H,16-17H2,1-2H3,(H,30,31,32,33)/t21-/m0/s1. The molecule has 3 aromatic carbocycles. The van der Waals surface area contributed by atoms with E-state index in [9.17, 15) is 0 Å². The van der Waals surface area contributed by atoms with Crippen molar-refractivity contribution in [1.82, 2.24) is 20.6 Å². The second-order valence-corrected chi connectivity index (χ2v) is 10.6. The second kappa shape index (κ2) is 10.4. The molecule has 0 amide bonds. The zero-order valence-electron chi connectivity index (χ0n) is 19.4. The van der Waals surface area contributed by atoms with Crippen molar-refractivity contribution in [2.24, 2.45) is 0 Å². The molecule has 0 saturated carbocycles. The smallest absolute Gasteiger partial charge is 0.176 e. The number of thiophene rings is 1. The molecule has 0 saturated heterocycles. The minimum absolute atomic E-state index is 0.00552. The lowest BCUT2D eigenvalue weighted by Gasteiger charge is -2.11. The molecule has 1 atom stereocenters. The van der Waals surface area contributed by atoms with Crippen LogP contribution in [-0.4, -0.2) is 20.6 Å². The summed E-state index contributed by atoms with van der Waals surface area (Å²) in [6, 6.07) is 23.2. The molecule has 2 heterocycles. The largest absolute Gasteiger partial charge is 0.489 e. The van der Waals surface area contributed by atoms with Gasteiger partial charge in [0.25, 0.3) is 0 Å². The minimum atomic E-state index is 0.00552. The van der Waals surface area contributed by atoms with E-state index < -0.39 is 0 Å². The Morgan fingerprint density at radius 1 is 1.09 bits per heavy atom. The molecule has 35 heavy (non-hydrogen) atoms. The van der Waals surface area contributed by atoms with E-state index in [1.54, 1.807) is 11.3 Å². The molecule has 0 aliphatic heterocycles. The SMILES string of the molecule is CC#C[C@@H](Cc1nn[nH]n1)c1ccc(OCc2ccc3sc(Br)c(-c4ccccc4C)c3c2)cc1. The lowest BCUT2D eigenvalue weighted by molar-refractivity contribution is 0.306. The van der Waals surface area contributed by atoms with Crippen LogP contribution in [0.25, 0.3) is 21.2 Å². The zero-order valence-corrected chi connectivity index (χ0v) is 21.8. The topological polar surface area (TPSA) is 63.7 Å². The number of aryl methyl sites for hydroxylation is 1. The van der Waals surface area contributed by atoms with E-state index >= 15 is 0 Å². The molecule has 5 aromatic rings. The molecule has 5 rings (SSSR count). The number of fused-ring (bicyclic) bond motifs is 1. The summed E-state index contributed by atoms with van der Waals surface area (Å²) in [6.45, 7) is 4.49. The van der Waals surface area contributed by atoms with Gasteiger partial charge in [0.15, 0.2) is 5.82 Å². The number of halogens is 1. The number of hydrogen-bond acceptors (Lipinski definition) is 5. The minimum Gasteiger partial charge on any atom is -0.489 e. The third-order valence-electron chi connectivity index (χ3n) is 5.91. The number of aromatic nitrogens is 4. The Morgan fingerprint density at radius 2 is 1.91 bits per heavy atom. The van der Waals surface area contributed by atoms with Crippen molar-refractivity contribution < 1.29 is 4.74 Å². The summed E-state index contributed by atoms with van der Waals surface area (Å²) in [5.74, 6) is 7.73. The summed E-state index contributed by atoms with van der Waals surface area (Å²) in [6.07, 6.45) is 0.608. The number of nitrogens with one attached hydrogen (secondary N) is 1. The number of benzene rings is 3. The van der Waals surface area contributed by atoms with Crippen molar-refractivity contribution in [3.8, 4) is 28.7 Å². The van der Waals surface area contributed by atoms with Gasteiger partial charge in [-0.25, -0.2) is 0 Å². The fourth-order valence-corrected chi connectivity index (χ4v) is 6.02. The second-order valence-electron chi connectivity index (χ2n) is 8.23. The number of rotatable bonds is 7. The number of tetrazole rings is 1. The number of aromatic amines is 1. The molecule has 174 valence electrons. The van der Waals surface area contributed by atoms with Crippen molar-refractivity contribution >= 4 is 37.4 Å². The number of ether oxygens (including phenoxy) is 1. The Morgan fingerprint density at radius 3 is 2.66 bits per heavy atom. The molecule has 0 unspecified atom stereocenters. The van der Waals surface area contributed by atoms with Crippen LogP contribution in [0.15, 0.2) is 70.5 Å².